The fourth-order valence-electron chi connectivity index (χ4n) is 5.04. The molecule has 1 aliphatic heterocycles. The van der Waals surface area contributed by atoms with Crippen LogP contribution in [0, 0.1) is 11.8 Å². The van der Waals surface area contributed by atoms with Gasteiger partial charge < -0.3 is 9.80 Å². The first-order chi connectivity index (χ1) is 18.5. The zero-order valence-electron chi connectivity index (χ0n) is 23.6. The Bertz CT molecular complexity index is 1380. The van der Waals surface area contributed by atoms with Crippen LogP contribution in [-0.2, 0) is 10.0 Å². The molecular weight excluding hydrogens is 508 g/mol. The van der Waals surface area contributed by atoms with Crippen LogP contribution in [0.2, 0.25) is 0 Å². The molecule has 0 aromatic heterocycles. The Labute approximate surface area is 232 Å². The molecule has 1 fully saturated rings. The van der Waals surface area contributed by atoms with E-state index in [9.17, 15) is 13.2 Å². The van der Waals surface area contributed by atoms with Gasteiger partial charge in [-0.2, -0.15) is 4.31 Å². The molecule has 0 aliphatic carbocycles. The van der Waals surface area contributed by atoms with E-state index >= 15 is 0 Å². The summed E-state index contributed by atoms with van der Waals surface area (Å²) in [5.74, 6) is 0.0901. The van der Waals surface area contributed by atoms with Crippen LogP contribution in [0.4, 0.5) is 11.4 Å². The lowest BCUT2D eigenvalue weighted by Crippen LogP contribution is -2.42. The Morgan fingerprint density at radius 3 is 1.72 bits per heavy atom. The average molecular weight is 547 g/mol. The van der Waals surface area contributed by atoms with Crippen molar-refractivity contribution < 1.29 is 13.2 Å². The van der Waals surface area contributed by atoms with E-state index in [1.54, 1.807) is 22.5 Å². The smallest absolute Gasteiger partial charge is 0.277 e. The van der Waals surface area contributed by atoms with Crippen molar-refractivity contribution in [3.8, 4) is 0 Å². The molecule has 0 N–H and O–H groups in total. The van der Waals surface area contributed by atoms with Crippen molar-refractivity contribution in [3.63, 3.8) is 0 Å². The van der Waals surface area contributed by atoms with Gasteiger partial charge in [0, 0.05) is 69.3 Å². The van der Waals surface area contributed by atoms with Gasteiger partial charge in [-0.15, -0.1) is 0 Å². The molecular formula is C31H38N4O3S. The van der Waals surface area contributed by atoms with E-state index in [4.69, 9.17) is 0 Å². The summed E-state index contributed by atoms with van der Waals surface area (Å²) in [6.45, 7) is 5.12. The number of rotatable bonds is 7. The third-order valence-electron chi connectivity index (χ3n) is 7.08. The Morgan fingerprint density at radius 1 is 0.769 bits per heavy atom. The van der Waals surface area contributed by atoms with Crippen LogP contribution in [0.1, 0.15) is 41.8 Å². The molecule has 8 heteroatoms. The monoisotopic (exact) mass is 546 g/mol. The minimum atomic E-state index is -3.72. The summed E-state index contributed by atoms with van der Waals surface area (Å²) < 4.78 is 28.5. The molecule has 0 saturated carbocycles. The van der Waals surface area contributed by atoms with Gasteiger partial charge in [-0.3, -0.25) is 4.79 Å². The van der Waals surface area contributed by atoms with Gasteiger partial charge in [0.2, 0.25) is 10.0 Å². The molecule has 0 bridgehead atoms. The number of piperidine rings is 1. The third kappa shape index (κ3) is 6.57. The second-order valence-corrected chi connectivity index (χ2v) is 12.9. The fraction of sp³-hybridized carbons (Fsp3) is 0.355. The molecule has 0 radical (unpaired) electrons. The van der Waals surface area contributed by atoms with Crippen molar-refractivity contribution in [1.82, 2.24) is 4.31 Å². The van der Waals surface area contributed by atoms with Gasteiger partial charge in [0.05, 0.1) is 10.6 Å². The first-order valence-electron chi connectivity index (χ1n) is 13.2. The molecule has 1 heterocycles. The molecule has 206 valence electrons. The number of hydrogen-bond acceptors (Lipinski definition) is 5. The summed E-state index contributed by atoms with van der Waals surface area (Å²) in [5, 5.41) is 0. The van der Waals surface area contributed by atoms with E-state index in [1.807, 2.05) is 86.5 Å². The Kier molecular flexibility index (Phi) is 8.57. The maximum absolute atomic E-state index is 13.5. The number of hydrogen-bond donors (Lipinski definition) is 0. The van der Waals surface area contributed by atoms with E-state index in [0.717, 1.165) is 28.9 Å². The number of amides is 1. The van der Waals surface area contributed by atoms with E-state index in [0.29, 0.717) is 30.6 Å². The van der Waals surface area contributed by atoms with Crippen LogP contribution in [0.5, 0.6) is 0 Å². The number of sulfonamides is 1. The zero-order valence-corrected chi connectivity index (χ0v) is 24.4. The van der Waals surface area contributed by atoms with Crippen LogP contribution in [0.3, 0.4) is 0 Å². The molecule has 1 aliphatic rings. The Hall–Kier alpha value is -3.49. The molecule has 1 amide bonds. The summed E-state index contributed by atoms with van der Waals surface area (Å²) >= 11 is 0. The SMILES string of the molecule is CC1CC(C)CN(S(=O)(=O)c2cccc(C(=O)N=C(c3ccc(N(C)C)cc3)c3ccc(N(C)C)cc3)c2)C1. The normalized spacial score (nSPS) is 17.9. The second kappa shape index (κ2) is 11.7. The topological polar surface area (TPSA) is 73.3 Å². The van der Waals surface area contributed by atoms with Gasteiger partial charge >= 0.3 is 0 Å². The lowest BCUT2D eigenvalue weighted by molar-refractivity contribution is 0.100. The van der Waals surface area contributed by atoms with Crippen molar-refractivity contribution in [1.29, 1.82) is 0 Å². The number of carbonyl (C=O) groups is 1. The first kappa shape index (κ1) is 28.5. The number of aliphatic imine (C=N–C) groups is 1. The Balaban J connectivity index is 1.72. The first-order valence-corrected chi connectivity index (χ1v) is 14.7. The van der Waals surface area contributed by atoms with Crippen LogP contribution in [0.25, 0.3) is 0 Å². The predicted octanol–water partition coefficient (Wildman–Crippen LogP) is 5.16. The summed E-state index contributed by atoms with van der Waals surface area (Å²) in [6, 6.07) is 22.0. The van der Waals surface area contributed by atoms with Crippen LogP contribution in [0.15, 0.2) is 82.7 Å². The van der Waals surface area contributed by atoms with Crippen LogP contribution < -0.4 is 9.80 Å². The van der Waals surface area contributed by atoms with Crippen LogP contribution in [-0.4, -0.2) is 65.6 Å². The molecule has 3 aromatic carbocycles. The summed E-state index contributed by atoms with van der Waals surface area (Å²) in [5.41, 5.74) is 4.43. The van der Waals surface area contributed by atoms with Gasteiger partial charge in [0.25, 0.3) is 5.91 Å². The van der Waals surface area contributed by atoms with E-state index in [2.05, 4.69) is 18.8 Å². The molecule has 2 unspecified atom stereocenters. The van der Waals surface area contributed by atoms with E-state index in [-0.39, 0.29) is 10.5 Å². The average Bonchev–Trinajstić information content (AvgIpc) is 2.91. The highest BCUT2D eigenvalue weighted by atomic mass is 32.2. The predicted molar refractivity (Wildman–Crippen MR) is 160 cm³/mol. The second-order valence-electron chi connectivity index (χ2n) is 10.9. The minimum Gasteiger partial charge on any atom is -0.378 e. The van der Waals surface area contributed by atoms with Gasteiger partial charge in [-0.05, 0) is 60.7 Å². The van der Waals surface area contributed by atoms with Crippen molar-refractivity contribution >= 4 is 33.0 Å². The number of carbonyl (C=O) groups excluding carboxylic acids is 1. The van der Waals surface area contributed by atoms with Crippen molar-refractivity contribution in [2.75, 3.05) is 51.1 Å². The lowest BCUT2D eigenvalue weighted by atomic mass is 9.94. The van der Waals surface area contributed by atoms with Crippen molar-refractivity contribution in [3.05, 3.63) is 89.5 Å². The van der Waals surface area contributed by atoms with Crippen LogP contribution >= 0.6 is 0 Å². The molecule has 2 atom stereocenters. The number of anilines is 2. The largest absolute Gasteiger partial charge is 0.378 e. The standard InChI is InChI=1S/C31H38N4O3S/c1-22-18-23(2)21-35(20-22)39(37,38)29-9-7-8-26(19-29)31(36)32-30(24-10-14-27(15-11-24)33(3)4)25-12-16-28(17-13-25)34(5)6/h7-17,19,22-23H,18,20-21H2,1-6H3. The zero-order chi connectivity index (χ0) is 28.3. The molecule has 7 nitrogen and oxygen atoms in total. The number of nitrogens with zero attached hydrogens (tertiary/aromatic N) is 4. The molecule has 1 saturated heterocycles. The van der Waals surface area contributed by atoms with Crippen molar-refractivity contribution in [2.24, 2.45) is 16.8 Å². The maximum Gasteiger partial charge on any atom is 0.277 e. The molecule has 4 rings (SSSR count). The Morgan fingerprint density at radius 2 is 1.26 bits per heavy atom. The highest BCUT2D eigenvalue weighted by Crippen LogP contribution is 2.27. The highest BCUT2D eigenvalue weighted by Gasteiger charge is 2.32. The van der Waals surface area contributed by atoms with Gasteiger partial charge in [-0.1, -0.05) is 44.2 Å². The quantitative estimate of drug-likeness (QED) is 0.383. The third-order valence-corrected chi connectivity index (χ3v) is 8.91. The highest BCUT2D eigenvalue weighted by molar-refractivity contribution is 7.89. The lowest BCUT2D eigenvalue weighted by Gasteiger charge is -2.34. The molecule has 39 heavy (non-hydrogen) atoms. The summed E-state index contributed by atoms with van der Waals surface area (Å²) in [7, 11) is 4.17. The van der Waals surface area contributed by atoms with Gasteiger partial charge in [-0.25, -0.2) is 13.4 Å². The maximum atomic E-state index is 13.5. The van der Waals surface area contributed by atoms with E-state index < -0.39 is 15.9 Å². The fourth-order valence-corrected chi connectivity index (χ4v) is 6.76. The summed E-state index contributed by atoms with van der Waals surface area (Å²) in [6.07, 6.45) is 1.01. The van der Waals surface area contributed by atoms with E-state index in [1.165, 1.54) is 6.07 Å². The number of benzene rings is 3. The minimum absolute atomic E-state index is 0.122. The molecule has 3 aromatic rings. The van der Waals surface area contributed by atoms with Crippen molar-refractivity contribution in [2.45, 2.75) is 25.2 Å². The summed E-state index contributed by atoms with van der Waals surface area (Å²) in [4.78, 5) is 22.2. The molecule has 0 spiro atoms. The van der Waals surface area contributed by atoms with Gasteiger partial charge in [0.1, 0.15) is 0 Å². The van der Waals surface area contributed by atoms with Gasteiger partial charge in [0.15, 0.2) is 0 Å².